The monoisotopic (exact) mass is 431 g/mol. The van der Waals surface area contributed by atoms with Crippen LogP contribution in [0.5, 0.6) is 0 Å². The molecule has 3 N–H and O–H groups in total. The Labute approximate surface area is 191 Å². The van der Waals surface area contributed by atoms with E-state index in [1.54, 1.807) is 0 Å². The van der Waals surface area contributed by atoms with Crippen LogP contribution >= 0.6 is 0 Å². The van der Waals surface area contributed by atoms with Crippen LogP contribution in [0, 0.1) is 18.3 Å². The van der Waals surface area contributed by atoms with Crippen LogP contribution in [0.25, 0.3) is 0 Å². The van der Waals surface area contributed by atoms with Gasteiger partial charge in [-0.2, -0.15) is 5.26 Å². The van der Waals surface area contributed by atoms with Gasteiger partial charge in [-0.05, 0) is 69.0 Å². The van der Waals surface area contributed by atoms with E-state index in [9.17, 15) is 4.79 Å². The molecule has 1 saturated heterocycles. The number of hydrogen-bond donors (Lipinski definition) is 3. The van der Waals surface area contributed by atoms with Gasteiger partial charge < -0.3 is 20.9 Å². The molecule has 32 heavy (non-hydrogen) atoms. The van der Waals surface area contributed by atoms with Crippen LogP contribution in [-0.2, 0) is 0 Å². The van der Waals surface area contributed by atoms with Gasteiger partial charge in [-0.25, -0.2) is 4.79 Å². The molecule has 1 saturated carbocycles. The second kappa shape index (κ2) is 10.5. The summed E-state index contributed by atoms with van der Waals surface area (Å²) in [6, 6.07) is 18.6. The summed E-state index contributed by atoms with van der Waals surface area (Å²) in [5, 5.41) is 19.1. The van der Waals surface area contributed by atoms with Crippen molar-refractivity contribution in [1.82, 2.24) is 10.6 Å². The number of benzene rings is 2. The second-order valence-corrected chi connectivity index (χ2v) is 9.07. The minimum absolute atomic E-state index is 0.129. The number of anilines is 2. The van der Waals surface area contributed by atoms with Gasteiger partial charge in [0.15, 0.2) is 0 Å². The SMILES string of the molecule is Cc1ccc(NC(=O)NC2CCCCC2NC2CCCN(c3ccc(C#N)cc3)C2)cc1. The van der Waals surface area contributed by atoms with Gasteiger partial charge in [0.1, 0.15) is 0 Å². The molecule has 0 bridgehead atoms. The third-order valence-electron chi connectivity index (χ3n) is 6.62. The summed E-state index contributed by atoms with van der Waals surface area (Å²) in [6.07, 6.45) is 6.72. The van der Waals surface area contributed by atoms with Crippen molar-refractivity contribution in [3.05, 3.63) is 59.7 Å². The highest BCUT2D eigenvalue weighted by atomic mass is 16.2. The fourth-order valence-corrected chi connectivity index (χ4v) is 4.87. The maximum atomic E-state index is 12.6. The minimum atomic E-state index is -0.129. The number of nitrogens with one attached hydrogen (secondary N) is 3. The zero-order valence-electron chi connectivity index (χ0n) is 18.8. The number of aryl methyl sites for hydroxylation is 1. The lowest BCUT2D eigenvalue weighted by Crippen LogP contribution is -2.57. The van der Waals surface area contributed by atoms with E-state index < -0.39 is 0 Å². The zero-order valence-corrected chi connectivity index (χ0v) is 18.8. The first-order valence-corrected chi connectivity index (χ1v) is 11.8. The number of hydrogen-bond acceptors (Lipinski definition) is 4. The van der Waals surface area contributed by atoms with E-state index in [0.29, 0.717) is 17.6 Å². The second-order valence-electron chi connectivity index (χ2n) is 9.07. The first-order valence-electron chi connectivity index (χ1n) is 11.8. The predicted octanol–water partition coefficient (Wildman–Crippen LogP) is 4.56. The van der Waals surface area contributed by atoms with Crippen LogP contribution in [0.1, 0.15) is 49.7 Å². The van der Waals surface area contributed by atoms with Crippen molar-refractivity contribution in [2.75, 3.05) is 23.3 Å². The van der Waals surface area contributed by atoms with E-state index in [-0.39, 0.29) is 12.1 Å². The molecule has 0 aromatic heterocycles. The topological polar surface area (TPSA) is 80.2 Å². The standard InChI is InChI=1S/C26H33N5O/c1-19-8-12-21(13-9-19)29-26(32)30-25-7-3-2-6-24(25)28-22-5-4-16-31(18-22)23-14-10-20(17-27)11-15-23/h8-15,22,24-25,28H,2-7,16,18H2,1H3,(H2,29,30,32). The normalized spacial score (nSPS) is 23.2. The summed E-state index contributed by atoms with van der Waals surface area (Å²) in [5.41, 5.74) is 3.86. The van der Waals surface area contributed by atoms with Gasteiger partial charge >= 0.3 is 6.03 Å². The molecule has 1 aliphatic heterocycles. The highest BCUT2D eigenvalue weighted by Crippen LogP contribution is 2.24. The van der Waals surface area contributed by atoms with Gasteiger partial charge in [-0.15, -0.1) is 0 Å². The lowest BCUT2D eigenvalue weighted by Gasteiger charge is -2.40. The van der Waals surface area contributed by atoms with Crippen LogP contribution in [0.2, 0.25) is 0 Å². The van der Waals surface area contributed by atoms with Gasteiger partial charge in [-0.1, -0.05) is 30.5 Å². The summed E-state index contributed by atoms with van der Waals surface area (Å²) in [4.78, 5) is 15.0. The van der Waals surface area contributed by atoms with Crippen molar-refractivity contribution in [3.8, 4) is 6.07 Å². The summed E-state index contributed by atoms with van der Waals surface area (Å²) < 4.78 is 0. The highest BCUT2D eigenvalue weighted by Gasteiger charge is 2.30. The molecular formula is C26H33N5O. The van der Waals surface area contributed by atoms with E-state index in [1.807, 2.05) is 55.5 Å². The molecule has 0 spiro atoms. The van der Waals surface area contributed by atoms with E-state index >= 15 is 0 Å². The first-order chi connectivity index (χ1) is 15.6. The van der Waals surface area contributed by atoms with Gasteiger partial charge in [-0.3, -0.25) is 0 Å². The molecule has 1 aliphatic carbocycles. The maximum Gasteiger partial charge on any atom is 0.319 e. The lowest BCUT2D eigenvalue weighted by atomic mass is 9.89. The number of rotatable bonds is 5. The molecule has 6 nitrogen and oxygen atoms in total. The Morgan fingerprint density at radius 1 is 0.969 bits per heavy atom. The van der Waals surface area contributed by atoms with Crippen molar-refractivity contribution in [3.63, 3.8) is 0 Å². The predicted molar refractivity (Wildman–Crippen MR) is 129 cm³/mol. The molecule has 2 fully saturated rings. The average molecular weight is 432 g/mol. The molecular weight excluding hydrogens is 398 g/mol. The van der Waals surface area contributed by atoms with Gasteiger partial charge in [0.05, 0.1) is 11.6 Å². The van der Waals surface area contributed by atoms with Crippen LogP contribution in [-0.4, -0.2) is 37.2 Å². The van der Waals surface area contributed by atoms with Gasteiger partial charge in [0, 0.05) is 42.6 Å². The number of urea groups is 1. The molecule has 168 valence electrons. The van der Waals surface area contributed by atoms with Crippen LogP contribution < -0.4 is 20.9 Å². The van der Waals surface area contributed by atoms with Crippen LogP contribution in [0.15, 0.2) is 48.5 Å². The summed E-state index contributed by atoms with van der Waals surface area (Å²) in [6.45, 7) is 4.02. The molecule has 2 aromatic rings. The smallest absolute Gasteiger partial charge is 0.319 e. The molecule has 4 rings (SSSR count). The van der Waals surface area contributed by atoms with Crippen molar-refractivity contribution >= 4 is 17.4 Å². The third-order valence-corrected chi connectivity index (χ3v) is 6.62. The van der Waals surface area contributed by atoms with Crippen LogP contribution in [0.3, 0.4) is 0 Å². The van der Waals surface area contributed by atoms with Crippen molar-refractivity contribution in [2.45, 2.75) is 63.6 Å². The number of carbonyl (C=O) groups excluding carboxylic acids is 1. The Morgan fingerprint density at radius 2 is 1.69 bits per heavy atom. The van der Waals surface area contributed by atoms with Crippen molar-refractivity contribution < 1.29 is 4.79 Å². The Bertz CT molecular complexity index is 934. The summed E-state index contributed by atoms with van der Waals surface area (Å²) in [5.74, 6) is 0. The van der Waals surface area contributed by atoms with Gasteiger partial charge in [0.25, 0.3) is 0 Å². The first kappa shape index (κ1) is 22.2. The fraction of sp³-hybridized carbons (Fsp3) is 0.462. The maximum absolute atomic E-state index is 12.6. The lowest BCUT2D eigenvalue weighted by molar-refractivity contribution is 0.226. The Kier molecular flexibility index (Phi) is 7.28. The van der Waals surface area contributed by atoms with E-state index in [4.69, 9.17) is 5.26 Å². The number of amides is 2. The molecule has 0 radical (unpaired) electrons. The van der Waals surface area contributed by atoms with E-state index in [0.717, 1.165) is 50.9 Å². The van der Waals surface area contributed by atoms with Crippen LogP contribution in [0.4, 0.5) is 16.2 Å². The number of piperidine rings is 1. The Hall–Kier alpha value is -3.04. The molecule has 6 heteroatoms. The number of nitriles is 1. The largest absolute Gasteiger partial charge is 0.370 e. The van der Waals surface area contributed by atoms with Gasteiger partial charge in [0.2, 0.25) is 0 Å². The van der Waals surface area contributed by atoms with Crippen molar-refractivity contribution in [2.24, 2.45) is 0 Å². The average Bonchev–Trinajstić information content (AvgIpc) is 2.82. The molecule has 2 aliphatic rings. The molecule has 2 amide bonds. The Balaban J connectivity index is 1.33. The molecule has 3 unspecified atom stereocenters. The highest BCUT2D eigenvalue weighted by molar-refractivity contribution is 5.89. The minimum Gasteiger partial charge on any atom is -0.370 e. The van der Waals surface area contributed by atoms with Crippen molar-refractivity contribution in [1.29, 1.82) is 5.26 Å². The Morgan fingerprint density at radius 3 is 2.41 bits per heavy atom. The summed E-state index contributed by atoms with van der Waals surface area (Å²) in [7, 11) is 0. The molecule has 1 heterocycles. The number of nitrogens with zero attached hydrogens (tertiary/aromatic N) is 2. The molecule has 2 aromatic carbocycles. The summed E-state index contributed by atoms with van der Waals surface area (Å²) >= 11 is 0. The molecule has 3 atom stereocenters. The zero-order chi connectivity index (χ0) is 22.3. The quantitative estimate of drug-likeness (QED) is 0.648. The fourth-order valence-electron chi connectivity index (χ4n) is 4.87. The van der Waals surface area contributed by atoms with E-state index in [2.05, 4.69) is 26.9 Å². The third kappa shape index (κ3) is 5.80. The number of carbonyl (C=O) groups is 1. The van der Waals surface area contributed by atoms with E-state index in [1.165, 1.54) is 17.7 Å².